The summed E-state index contributed by atoms with van der Waals surface area (Å²) in [5, 5.41) is -11.3. The van der Waals surface area contributed by atoms with E-state index in [4.69, 9.17) is 0 Å². The van der Waals surface area contributed by atoms with E-state index >= 15 is 0 Å². The maximum absolute atomic E-state index is 11.3. The van der Waals surface area contributed by atoms with Crippen molar-refractivity contribution in [3.8, 4) is 0 Å². The van der Waals surface area contributed by atoms with Gasteiger partial charge in [-0.2, -0.15) is 26.3 Å². The predicted molar refractivity (Wildman–Crippen MR) is 45.2 cm³/mol. The van der Waals surface area contributed by atoms with Crippen LogP contribution in [0.4, 0.5) is 43.9 Å². The standard InChI is InChI=1S/2C2F5O2S.Sr/c2*3-1(4,5)2(6,7)10(8)9;/q2*-1;+2. The van der Waals surface area contributed by atoms with Crippen LogP contribution in [-0.4, -0.2) is 68.3 Å². The van der Waals surface area contributed by atoms with E-state index in [-0.39, 0.29) is 45.5 Å². The van der Waals surface area contributed by atoms with Crippen LogP contribution in [0.15, 0.2) is 0 Å². The molecule has 0 rings (SSSR count). The monoisotopic (exact) mass is 454 g/mol. The van der Waals surface area contributed by atoms with Crippen LogP contribution in [0.2, 0.25) is 0 Å². The molecule has 0 aliphatic carbocycles. The Bertz CT molecular complexity index is 414. The second kappa shape index (κ2) is 8.51. The van der Waals surface area contributed by atoms with Crippen molar-refractivity contribution in [1.29, 1.82) is 0 Å². The zero-order chi connectivity index (χ0) is 17.2. The molecule has 0 fully saturated rings. The second-order valence-electron chi connectivity index (χ2n) is 2.50. The zero-order valence-corrected chi connectivity index (χ0v) is 14.0. The third-order valence-corrected chi connectivity index (χ3v) is 2.38. The van der Waals surface area contributed by atoms with Gasteiger partial charge in [0.15, 0.2) is 0 Å². The number of hydrogen-bond donors (Lipinski definition) is 0. The van der Waals surface area contributed by atoms with Gasteiger partial charge in [-0.15, -0.1) is 0 Å². The number of alkyl halides is 10. The molecule has 0 radical (unpaired) electrons. The van der Waals surface area contributed by atoms with Crippen LogP contribution < -0.4 is 0 Å². The summed E-state index contributed by atoms with van der Waals surface area (Å²) >= 11 is 0. The van der Waals surface area contributed by atoms with Gasteiger partial charge < -0.3 is 16.8 Å². The van der Waals surface area contributed by atoms with E-state index in [9.17, 15) is 60.7 Å². The van der Waals surface area contributed by atoms with Crippen LogP contribution in [0.1, 0.15) is 0 Å². The molecule has 124 valence electrons. The van der Waals surface area contributed by atoms with Gasteiger partial charge in [0.25, 0.3) is 0 Å². The smallest absolute Gasteiger partial charge is 0.418 e. The van der Waals surface area contributed by atoms with Gasteiger partial charge in [0.1, 0.15) is 0 Å². The second-order valence-corrected chi connectivity index (χ2v) is 4.46. The Hall–Kier alpha value is 0.681. The van der Waals surface area contributed by atoms with Crippen LogP contribution in [0, 0.1) is 0 Å². The molecule has 17 heteroatoms. The van der Waals surface area contributed by atoms with E-state index in [1.54, 1.807) is 0 Å². The number of hydrogen-bond acceptors (Lipinski definition) is 6. The molecule has 0 saturated heterocycles. The largest absolute Gasteiger partial charge is 2.00 e. The molecule has 0 aromatic carbocycles. The Morgan fingerprint density at radius 1 is 0.476 bits per heavy atom. The summed E-state index contributed by atoms with van der Waals surface area (Å²) in [6.45, 7) is 0. The van der Waals surface area contributed by atoms with Gasteiger partial charge in [-0.25, -0.2) is 17.6 Å². The molecule has 0 spiro atoms. The Morgan fingerprint density at radius 2 is 0.619 bits per heavy atom. The minimum atomic E-state index is -6.03. The third kappa shape index (κ3) is 7.67. The fourth-order valence-corrected chi connectivity index (χ4v) is 0.567. The zero-order valence-electron chi connectivity index (χ0n) is 8.94. The molecule has 4 nitrogen and oxygen atoms in total. The first-order valence-electron chi connectivity index (χ1n) is 3.46. The van der Waals surface area contributed by atoms with Crippen molar-refractivity contribution in [3.05, 3.63) is 0 Å². The maximum atomic E-state index is 11.3. The molecule has 0 heterocycles. The van der Waals surface area contributed by atoms with E-state index in [2.05, 4.69) is 0 Å². The normalized spacial score (nSPS) is 13.5. The van der Waals surface area contributed by atoms with E-state index in [0.29, 0.717) is 0 Å². The number of halogens is 10. The number of rotatable bonds is 2. The molecule has 0 aliphatic rings. The first-order chi connectivity index (χ1) is 8.39. The van der Waals surface area contributed by atoms with Crippen LogP contribution in [0.3, 0.4) is 0 Å². The molecule has 0 atom stereocenters. The molecular weight excluding hydrogens is 454 g/mol. The Morgan fingerprint density at radius 3 is 0.619 bits per heavy atom. The van der Waals surface area contributed by atoms with Crippen LogP contribution in [0.5, 0.6) is 0 Å². The summed E-state index contributed by atoms with van der Waals surface area (Å²) in [6.07, 6.45) is -12.1. The molecule has 0 aromatic rings. The molecule has 0 saturated carbocycles. The minimum Gasteiger partial charge on any atom is -0.418 e. The molecule has 0 unspecified atom stereocenters. The van der Waals surface area contributed by atoms with Crippen LogP contribution >= 0.6 is 0 Å². The van der Waals surface area contributed by atoms with E-state index < -0.39 is 44.3 Å². The van der Waals surface area contributed by atoms with Gasteiger partial charge in [0.05, 0.1) is 0 Å². The Kier molecular flexibility index (Phi) is 10.8. The fraction of sp³-hybridized carbons (Fsp3) is 1.00. The molecule has 0 aliphatic heterocycles. The predicted octanol–water partition coefficient (Wildman–Crippen LogP) is 2.52. The average molecular weight is 454 g/mol. The first kappa shape index (κ1) is 26.6. The van der Waals surface area contributed by atoms with Crippen LogP contribution in [0.25, 0.3) is 0 Å². The van der Waals surface area contributed by atoms with Crippen molar-refractivity contribution < 1.29 is 60.7 Å². The van der Waals surface area contributed by atoms with Crippen molar-refractivity contribution in [3.63, 3.8) is 0 Å². The van der Waals surface area contributed by atoms with Gasteiger partial charge in [-0.05, 0) is 0 Å². The van der Waals surface area contributed by atoms with E-state index in [1.165, 1.54) is 0 Å². The summed E-state index contributed by atoms with van der Waals surface area (Å²) < 4.78 is 148. The van der Waals surface area contributed by atoms with Crippen LogP contribution in [-0.2, 0) is 38.2 Å². The van der Waals surface area contributed by atoms with Gasteiger partial charge >= 0.3 is 68.3 Å². The molecular formula is C4F10O4S2Sr. The van der Waals surface area contributed by atoms with Crippen molar-refractivity contribution in [2.24, 2.45) is 0 Å². The van der Waals surface area contributed by atoms with Crippen molar-refractivity contribution in [2.45, 2.75) is 22.9 Å². The first-order valence-corrected chi connectivity index (χ1v) is 5.61. The van der Waals surface area contributed by atoms with E-state index in [1.807, 2.05) is 0 Å². The van der Waals surface area contributed by atoms with Gasteiger partial charge in [-0.3, -0.25) is 0 Å². The summed E-state index contributed by atoms with van der Waals surface area (Å²) in [4.78, 5) is 0. The van der Waals surface area contributed by atoms with Crippen molar-refractivity contribution in [1.82, 2.24) is 0 Å². The van der Waals surface area contributed by atoms with Gasteiger partial charge in [-0.1, -0.05) is 0 Å². The Labute approximate surface area is 149 Å². The quantitative estimate of drug-likeness (QED) is 0.366. The average Bonchev–Trinajstić information content (AvgIpc) is 2.14. The molecule has 0 aromatic heterocycles. The third-order valence-electron chi connectivity index (χ3n) is 1.08. The van der Waals surface area contributed by atoms with Crippen molar-refractivity contribution in [2.75, 3.05) is 0 Å². The topological polar surface area (TPSA) is 68.3 Å². The summed E-state index contributed by atoms with van der Waals surface area (Å²) in [5.74, 6) is 0. The summed E-state index contributed by atoms with van der Waals surface area (Å²) in [7, 11) is -8.91. The molecule has 0 N–H and O–H groups in total. The Balaban J connectivity index is -0.000000295. The maximum Gasteiger partial charge on any atom is 2.00 e. The summed E-state index contributed by atoms with van der Waals surface area (Å²) in [5.41, 5.74) is 0. The van der Waals surface area contributed by atoms with Gasteiger partial charge in [0.2, 0.25) is 0 Å². The SMILES string of the molecule is O=[S-](=O)C(F)(F)C(F)(F)F.O=[S-](=O)C(F)(F)C(F)(F)F.[Sr+2]. The molecule has 0 bridgehead atoms. The van der Waals surface area contributed by atoms with Gasteiger partial charge in [0, 0.05) is 21.4 Å². The van der Waals surface area contributed by atoms with E-state index in [0.717, 1.165) is 0 Å². The minimum absolute atomic E-state index is 0. The summed E-state index contributed by atoms with van der Waals surface area (Å²) in [6, 6.07) is 0. The molecule has 0 amide bonds. The van der Waals surface area contributed by atoms with Crippen molar-refractivity contribution >= 4 is 66.9 Å². The molecule has 21 heavy (non-hydrogen) atoms. The fourth-order valence-electron chi connectivity index (χ4n) is 0.189.